The van der Waals surface area contributed by atoms with Gasteiger partial charge in [0.2, 0.25) is 5.91 Å². The van der Waals surface area contributed by atoms with Crippen molar-refractivity contribution in [2.45, 2.75) is 20.4 Å². The van der Waals surface area contributed by atoms with Crippen molar-refractivity contribution < 1.29 is 19.1 Å². The fourth-order valence-corrected chi connectivity index (χ4v) is 3.82. The van der Waals surface area contributed by atoms with Gasteiger partial charge in [-0.3, -0.25) is 14.3 Å². The Balaban J connectivity index is 1.85. The molecule has 184 valence electrons. The second-order valence-corrected chi connectivity index (χ2v) is 8.52. The molecule has 3 aromatic rings. The zero-order valence-electron chi connectivity index (χ0n) is 20.7. The van der Waals surface area contributed by atoms with E-state index < -0.39 is 5.91 Å². The highest BCUT2D eigenvalue weighted by atomic mass is 35.5. The summed E-state index contributed by atoms with van der Waals surface area (Å²) < 4.78 is 12.5. The number of nitrogens with zero attached hydrogens (tertiary/aromatic N) is 3. The van der Waals surface area contributed by atoms with Crippen LogP contribution in [0.4, 0.5) is 5.69 Å². The largest absolute Gasteiger partial charge is 0.493 e. The van der Waals surface area contributed by atoms with Crippen LogP contribution in [0.15, 0.2) is 42.5 Å². The van der Waals surface area contributed by atoms with Crippen LogP contribution in [0.2, 0.25) is 5.02 Å². The lowest BCUT2D eigenvalue weighted by atomic mass is 10.1. The van der Waals surface area contributed by atoms with Crippen LogP contribution in [-0.4, -0.2) is 54.8 Å². The zero-order chi connectivity index (χ0) is 25.7. The Labute approximate surface area is 210 Å². The number of amides is 2. The number of hydrogen-bond donors (Lipinski definition) is 1. The van der Waals surface area contributed by atoms with Gasteiger partial charge in [0.15, 0.2) is 11.5 Å². The van der Waals surface area contributed by atoms with Gasteiger partial charge in [0, 0.05) is 42.5 Å². The lowest BCUT2D eigenvalue weighted by Gasteiger charge is -2.17. The molecule has 0 atom stereocenters. The van der Waals surface area contributed by atoms with E-state index in [2.05, 4.69) is 10.4 Å². The van der Waals surface area contributed by atoms with Crippen LogP contribution in [0.3, 0.4) is 0 Å². The summed E-state index contributed by atoms with van der Waals surface area (Å²) in [5.41, 5.74) is 4.09. The summed E-state index contributed by atoms with van der Waals surface area (Å²) in [5.74, 6) is 0.110. The molecule has 1 aromatic heterocycles. The lowest BCUT2D eigenvalue weighted by Crippen LogP contribution is -2.24. The first-order chi connectivity index (χ1) is 16.7. The predicted molar refractivity (Wildman–Crippen MR) is 137 cm³/mol. The van der Waals surface area contributed by atoms with Gasteiger partial charge >= 0.3 is 0 Å². The Morgan fingerprint density at radius 2 is 1.77 bits per heavy atom. The highest BCUT2D eigenvalue weighted by Gasteiger charge is 2.19. The van der Waals surface area contributed by atoms with Gasteiger partial charge in [-0.25, -0.2) is 0 Å². The number of benzene rings is 2. The zero-order valence-corrected chi connectivity index (χ0v) is 21.4. The number of anilines is 1. The minimum Gasteiger partial charge on any atom is -0.493 e. The Hall–Kier alpha value is -3.78. The molecular weight excluding hydrogens is 468 g/mol. The van der Waals surface area contributed by atoms with Gasteiger partial charge in [0.25, 0.3) is 5.91 Å². The van der Waals surface area contributed by atoms with E-state index in [1.54, 1.807) is 32.3 Å². The maximum atomic E-state index is 12.8. The number of carbonyl (C=O) groups is 2. The van der Waals surface area contributed by atoms with E-state index in [1.807, 2.05) is 42.8 Å². The van der Waals surface area contributed by atoms with Gasteiger partial charge in [-0.2, -0.15) is 5.10 Å². The molecule has 0 saturated heterocycles. The highest BCUT2D eigenvalue weighted by molar-refractivity contribution is 6.31. The SMILES string of the molecule is COc1cc(NC(=O)/C=C/c2c(C)nn(Cc3ccccc3Cl)c2C)c(C(=O)N(C)C)cc1OC. The second kappa shape index (κ2) is 11.1. The molecule has 8 nitrogen and oxygen atoms in total. The highest BCUT2D eigenvalue weighted by Crippen LogP contribution is 2.34. The van der Waals surface area contributed by atoms with Crippen molar-refractivity contribution >= 4 is 35.2 Å². The van der Waals surface area contributed by atoms with Crippen LogP contribution < -0.4 is 14.8 Å². The number of methoxy groups -OCH3 is 2. The van der Waals surface area contributed by atoms with Gasteiger partial charge in [-0.05, 0) is 37.6 Å². The van der Waals surface area contributed by atoms with E-state index in [4.69, 9.17) is 21.1 Å². The number of halogens is 1. The third-order valence-corrected chi connectivity index (χ3v) is 5.90. The molecule has 0 bridgehead atoms. The summed E-state index contributed by atoms with van der Waals surface area (Å²) in [4.78, 5) is 26.9. The van der Waals surface area contributed by atoms with Crippen molar-refractivity contribution in [1.29, 1.82) is 0 Å². The first-order valence-corrected chi connectivity index (χ1v) is 11.3. The Morgan fingerprint density at radius 3 is 2.40 bits per heavy atom. The summed E-state index contributed by atoms with van der Waals surface area (Å²) in [6.07, 6.45) is 3.13. The molecule has 2 aromatic carbocycles. The monoisotopic (exact) mass is 496 g/mol. The van der Waals surface area contributed by atoms with Crippen LogP contribution in [0.1, 0.15) is 32.9 Å². The second-order valence-electron chi connectivity index (χ2n) is 8.11. The van der Waals surface area contributed by atoms with Crippen molar-refractivity contribution in [3.05, 3.63) is 75.6 Å². The molecule has 0 radical (unpaired) electrons. The average Bonchev–Trinajstić information content (AvgIpc) is 3.10. The first kappa shape index (κ1) is 25.8. The summed E-state index contributed by atoms with van der Waals surface area (Å²) in [6.45, 7) is 4.35. The number of ether oxygens (including phenoxy) is 2. The molecule has 1 heterocycles. The molecule has 3 rings (SSSR count). The fourth-order valence-electron chi connectivity index (χ4n) is 3.63. The summed E-state index contributed by atoms with van der Waals surface area (Å²) in [7, 11) is 6.24. The molecule has 1 N–H and O–H groups in total. The molecule has 0 unspecified atom stereocenters. The van der Waals surface area contributed by atoms with Crippen molar-refractivity contribution in [3.63, 3.8) is 0 Å². The van der Waals surface area contributed by atoms with E-state index in [0.29, 0.717) is 28.8 Å². The number of nitrogens with one attached hydrogen (secondary N) is 1. The number of rotatable bonds is 8. The molecule has 0 aliphatic carbocycles. The van der Waals surface area contributed by atoms with E-state index in [0.717, 1.165) is 22.5 Å². The van der Waals surface area contributed by atoms with E-state index in [-0.39, 0.29) is 11.5 Å². The minimum absolute atomic E-state index is 0.280. The van der Waals surface area contributed by atoms with Gasteiger partial charge in [0.05, 0.1) is 37.7 Å². The number of aryl methyl sites for hydroxylation is 1. The van der Waals surface area contributed by atoms with Crippen molar-refractivity contribution in [2.75, 3.05) is 33.6 Å². The normalized spacial score (nSPS) is 10.9. The topological polar surface area (TPSA) is 85.7 Å². The smallest absolute Gasteiger partial charge is 0.255 e. The molecule has 2 amide bonds. The molecule has 0 spiro atoms. The molecule has 0 saturated carbocycles. The average molecular weight is 497 g/mol. The summed E-state index contributed by atoms with van der Waals surface area (Å²) in [5, 5.41) is 8.06. The van der Waals surface area contributed by atoms with Gasteiger partial charge in [-0.15, -0.1) is 0 Å². The summed E-state index contributed by atoms with van der Waals surface area (Å²) >= 11 is 6.30. The Bertz CT molecular complexity index is 1280. The quantitative estimate of drug-likeness (QED) is 0.462. The van der Waals surface area contributed by atoms with Gasteiger partial charge < -0.3 is 19.7 Å². The van der Waals surface area contributed by atoms with Crippen LogP contribution in [0.25, 0.3) is 6.08 Å². The first-order valence-electron chi connectivity index (χ1n) is 10.9. The molecule has 0 aliphatic heterocycles. The Kier molecular flexibility index (Phi) is 8.19. The number of hydrogen-bond acceptors (Lipinski definition) is 5. The van der Waals surface area contributed by atoms with Gasteiger partial charge in [0.1, 0.15) is 0 Å². The number of carbonyl (C=O) groups excluding carboxylic acids is 2. The lowest BCUT2D eigenvalue weighted by molar-refractivity contribution is -0.111. The maximum Gasteiger partial charge on any atom is 0.255 e. The molecule has 0 aliphatic rings. The molecule has 9 heteroatoms. The van der Waals surface area contributed by atoms with Crippen molar-refractivity contribution in [3.8, 4) is 11.5 Å². The van der Waals surface area contributed by atoms with E-state index >= 15 is 0 Å². The minimum atomic E-state index is -0.400. The van der Waals surface area contributed by atoms with Crippen LogP contribution in [0, 0.1) is 13.8 Å². The van der Waals surface area contributed by atoms with Crippen LogP contribution >= 0.6 is 11.6 Å². The van der Waals surface area contributed by atoms with Crippen molar-refractivity contribution in [2.24, 2.45) is 0 Å². The standard InChI is InChI=1S/C26H29ClN4O4/c1-16-19(17(2)31(29-16)15-18-9-7-8-10-21(18)27)11-12-25(32)28-22-14-24(35-6)23(34-5)13-20(22)26(33)30(3)4/h7-14H,15H2,1-6H3,(H,28,32)/b12-11+. The van der Waals surface area contributed by atoms with Crippen molar-refractivity contribution in [1.82, 2.24) is 14.7 Å². The third-order valence-electron chi connectivity index (χ3n) is 5.53. The van der Waals surface area contributed by atoms with Gasteiger partial charge in [-0.1, -0.05) is 29.8 Å². The molecule has 35 heavy (non-hydrogen) atoms. The maximum absolute atomic E-state index is 12.8. The molecule has 0 fully saturated rings. The van der Waals surface area contributed by atoms with E-state index in [9.17, 15) is 9.59 Å². The number of aromatic nitrogens is 2. The fraction of sp³-hybridized carbons (Fsp3) is 0.269. The molecular formula is C26H29ClN4O4. The third kappa shape index (κ3) is 5.84. The van der Waals surface area contributed by atoms with E-state index in [1.165, 1.54) is 25.2 Å². The summed E-state index contributed by atoms with van der Waals surface area (Å²) in [6, 6.07) is 10.7. The van der Waals surface area contributed by atoms with Crippen LogP contribution in [0.5, 0.6) is 11.5 Å². The Morgan fingerprint density at radius 1 is 1.11 bits per heavy atom. The predicted octanol–water partition coefficient (Wildman–Crippen LogP) is 4.57. The van der Waals surface area contributed by atoms with Crippen LogP contribution in [-0.2, 0) is 11.3 Å².